The maximum Gasteiger partial charge on any atom is 0.259 e. The van der Waals surface area contributed by atoms with E-state index in [9.17, 15) is 13.8 Å². The number of halogens is 1. The summed E-state index contributed by atoms with van der Waals surface area (Å²) >= 11 is 6.10. The van der Waals surface area contributed by atoms with Crippen LogP contribution in [0.1, 0.15) is 38.8 Å². The van der Waals surface area contributed by atoms with Gasteiger partial charge < -0.3 is 14.7 Å². The molecule has 0 N–H and O–H groups in total. The normalized spacial score (nSPS) is 18.5. The third-order valence-corrected chi connectivity index (χ3v) is 9.51. The van der Waals surface area contributed by atoms with E-state index in [-0.39, 0.29) is 24.4 Å². The molecule has 1 saturated heterocycles. The van der Waals surface area contributed by atoms with Crippen LogP contribution in [0.25, 0.3) is 0 Å². The molecule has 0 aliphatic carbocycles. The van der Waals surface area contributed by atoms with Gasteiger partial charge in [-0.2, -0.15) is 0 Å². The van der Waals surface area contributed by atoms with E-state index in [1.54, 1.807) is 59.5 Å². The van der Waals surface area contributed by atoms with Crippen molar-refractivity contribution >= 4 is 45.6 Å². The number of hydrogen-bond donors (Lipinski definition) is 0. The van der Waals surface area contributed by atoms with Crippen LogP contribution in [0, 0.1) is 6.92 Å². The molecule has 0 radical (unpaired) electrons. The summed E-state index contributed by atoms with van der Waals surface area (Å²) in [5, 5.41) is 0.604. The van der Waals surface area contributed by atoms with Crippen LogP contribution < -0.4 is 9.80 Å². The van der Waals surface area contributed by atoms with Gasteiger partial charge in [0.05, 0.1) is 38.4 Å². The number of piperazine rings is 1. The summed E-state index contributed by atoms with van der Waals surface area (Å²) < 4.78 is 13.8. The third-order valence-electron chi connectivity index (χ3n) is 7.76. The Hall–Kier alpha value is -3.94. The first-order chi connectivity index (χ1) is 19.8. The summed E-state index contributed by atoms with van der Waals surface area (Å²) in [5.74, 6) is -0.359. The van der Waals surface area contributed by atoms with E-state index < -0.39 is 10.8 Å². The minimum absolute atomic E-state index is 0.102. The first-order valence-corrected chi connectivity index (χ1v) is 15.2. The maximum absolute atomic E-state index is 13.9. The van der Waals surface area contributed by atoms with Crippen molar-refractivity contribution in [3.8, 4) is 0 Å². The zero-order valence-corrected chi connectivity index (χ0v) is 24.5. The van der Waals surface area contributed by atoms with Gasteiger partial charge in [0.25, 0.3) is 11.8 Å². The molecule has 0 aromatic heterocycles. The summed E-state index contributed by atoms with van der Waals surface area (Å²) in [6.45, 7) is 6.35. The number of hydrogen-bond acceptors (Lipinski definition) is 4. The van der Waals surface area contributed by atoms with Gasteiger partial charge in [-0.25, -0.2) is 4.21 Å². The maximum atomic E-state index is 13.9. The molecule has 2 heterocycles. The number of anilines is 2. The monoisotopic (exact) mass is 583 g/mol. The highest BCUT2D eigenvalue weighted by Crippen LogP contribution is 2.36. The van der Waals surface area contributed by atoms with Gasteiger partial charge in [0, 0.05) is 41.9 Å². The second-order valence-electron chi connectivity index (χ2n) is 10.6. The number of carbonyl (C=O) groups excluding carboxylic acids is 2. The second-order valence-corrected chi connectivity index (χ2v) is 12.5. The van der Waals surface area contributed by atoms with Crippen molar-refractivity contribution in [2.45, 2.75) is 36.2 Å². The molecular weight excluding hydrogens is 554 g/mol. The minimum atomic E-state index is -1.59. The molecule has 0 saturated carbocycles. The molecule has 2 aliphatic rings. The number of benzene rings is 4. The van der Waals surface area contributed by atoms with Crippen molar-refractivity contribution in [1.29, 1.82) is 0 Å². The largest absolute Gasteiger partial charge is 0.365 e. The summed E-state index contributed by atoms with van der Waals surface area (Å²) in [6.07, 6.45) is 0. The molecule has 6 nitrogen and oxygen atoms in total. The van der Waals surface area contributed by atoms with E-state index in [2.05, 4.69) is 43.0 Å². The topological polar surface area (TPSA) is 60.9 Å². The predicted octanol–water partition coefficient (Wildman–Crippen LogP) is 6.33. The average Bonchev–Trinajstić information content (AvgIpc) is 3.07. The quantitative estimate of drug-likeness (QED) is 0.282. The third kappa shape index (κ3) is 5.27. The first-order valence-electron chi connectivity index (χ1n) is 13.6. The van der Waals surface area contributed by atoms with Crippen LogP contribution in [0.4, 0.5) is 11.4 Å². The lowest BCUT2D eigenvalue weighted by Gasteiger charge is -2.41. The van der Waals surface area contributed by atoms with Gasteiger partial charge in [0.2, 0.25) is 0 Å². The molecule has 4 aromatic rings. The Morgan fingerprint density at radius 3 is 2.46 bits per heavy atom. The standard InChI is InChI=1S/C33H30ClN3O3S/c1-22-6-5-7-27(18-22)36-17-16-35(20-23(36)2)32(38)25-12-15-31-29(19-25)37(21-24-10-13-26(34)14-11-24)33(39)28-8-3-4-9-30(28)41(31)40/h3-15,18-19,23H,16-17,20-21H2,1-2H3/t23-,41-/m0/s1. The van der Waals surface area contributed by atoms with Gasteiger partial charge in [0.1, 0.15) is 0 Å². The average molecular weight is 584 g/mol. The Kier molecular flexibility index (Phi) is 7.41. The van der Waals surface area contributed by atoms with Gasteiger partial charge in [-0.15, -0.1) is 0 Å². The highest BCUT2D eigenvalue weighted by molar-refractivity contribution is 7.85. The number of nitrogens with zero attached hydrogens (tertiary/aromatic N) is 3. The van der Waals surface area contributed by atoms with Crippen LogP contribution in [-0.2, 0) is 17.3 Å². The van der Waals surface area contributed by atoms with Crippen LogP contribution in [0.2, 0.25) is 5.02 Å². The smallest absolute Gasteiger partial charge is 0.259 e. The van der Waals surface area contributed by atoms with Gasteiger partial charge in [-0.05, 0) is 79.6 Å². The lowest BCUT2D eigenvalue weighted by Crippen LogP contribution is -2.53. The Bertz CT molecular complexity index is 1670. The fourth-order valence-electron chi connectivity index (χ4n) is 5.64. The van der Waals surface area contributed by atoms with E-state index in [1.807, 2.05) is 17.0 Å². The van der Waals surface area contributed by atoms with Crippen LogP contribution in [-0.4, -0.2) is 46.6 Å². The summed E-state index contributed by atoms with van der Waals surface area (Å²) in [5.41, 5.74) is 4.58. The number of amides is 2. The van der Waals surface area contributed by atoms with Crippen molar-refractivity contribution in [2.75, 3.05) is 29.4 Å². The minimum Gasteiger partial charge on any atom is -0.365 e. The number of aryl methyl sites for hydroxylation is 1. The Morgan fingerprint density at radius 1 is 0.927 bits per heavy atom. The molecule has 2 aliphatic heterocycles. The molecule has 6 rings (SSSR count). The Balaban J connectivity index is 1.33. The van der Waals surface area contributed by atoms with E-state index >= 15 is 0 Å². The molecule has 0 spiro atoms. The van der Waals surface area contributed by atoms with Crippen LogP contribution in [0.15, 0.2) is 101 Å². The highest BCUT2D eigenvalue weighted by Gasteiger charge is 2.33. The first kappa shape index (κ1) is 27.2. The predicted molar refractivity (Wildman–Crippen MR) is 163 cm³/mol. The summed E-state index contributed by atoms with van der Waals surface area (Å²) in [4.78, 5) is 34.5. The Labute approximate surface area is 247 Å². The van der Waals surface area contributed by atoms with Crippen molar-refractivity contribution in [2.24, 2.45) is 0 Å². The van der Waals surface area contributed by atoms with Gasteiger partial charge >= 0.3 is 0 Å². The number of carbonyl (C=O) groups is 2. The number of rotatable bonds is 4. The molecule has 4 aromatic carbocycles. The van der Waals surface area contributed by atoms with E-state index in [4.69, 9.17) is 11.6 Å². The summed E-state index contributed by atoms with van der Waals surface area (Å²) in [7, 11) is -1.59. The molecule has 2 amide bonds. The number of fused-ring (bicyclic) bond motifs is 2. The van der Waals surface area contributed by atoms with Crippen molar-refractivity contribution < 1.29 is 13.8 Å². The van der Waals surface area contributed by atoms with Crippen molar-refractivity contribution in [1.82, 2.24) is 4.90 Å². The molecular formula is C33H30ClN3O3S. The lowest BCUT2D eigenvalue weighted by molar-refractivity contribution is 0.0726. The molecule has 0 unspecified atom stereocenters. The molecule has 41 heavy (non-hydrogen) atoms. The van der Waals surface area contributed by atoms with Gasteiger partial charge in [0.15, 0.2) is 0 Å². The molecule has 1 fully saturated rings. The second kappa shape index (κ2) is 11.1. The zero-order chi connectivity index (χ0) is 28.7. The molecule has 8 heteroatoms. The summed E-state index contributed by atoms with van der Waals surface area (Å²) in [6, 6.07) is 28.0. The fraction of sp³-hybridized carbons (Fsp3) is 0.212. The van der Waals surface area contributed by atoms with Crippen molar-refractivity contribution in [3.05, 3.63) is 118 Å². The Morgan fingerprint density at radius 2 is 1.71 bits per heavy atom. The van der Waals surface area contributed by atoms with Crippen LogP contribution in [0.5, 0.6) is 0 Å². The fourth-order valence-corrected chi connectivity index (χ4v) is 7.11. The zero-order valence-electron chi connectivity index (χ0n) is 22.9. The lowest BCUT2D eigenvalue weighted by atomic mass is 10.1. The highest BCUT2D eigenvalue weighted by atomic mass is 35.5. The molecule has 208 valence electrons. The van der Waals surface area contributed by atoms with E-state index in [1.165, 1.54) is 5.56 Å². The van der Waals surface area contributed by atoms with E-state index in [0.29, 0.717) is 44.7 Å². The van der Waals surface area contributed by atoms with Crippen molar-refractivity contribution in [3.63, 3.8) is 0 Å². The van der Waals surface area contributed by atoms with Crippen LogP contribution in [0.3, 0.4) is 0 Å². The van der Waals surface area contributed by atoms with E-state index in [0.717, 1.165) is 17.8 Å². The SMILES string of the molecule is Cc1cccc(N2CCN(C(=O)c3ccc4c(c3)N(Cc3ccc(Cl)cc3)C(=O)c3ccccc3[S@@]4=O)C[C@@H]2C)c1. The van der Waals surface area contributed by atoms with Gasteiger partial charge in [-0.1, -0.05) is 48.0 Å². The van der Waals surface area contributed by atoms with Crippen LogP contribution >= 0.6 is 11.6 Å². The van der Waals surface area contributed by atoms with Gasteiger partial charge in [-0.3, -0.25) is 9.59 Å². The molecule has 2 atom stereocenters. The molecule has 0 bridgehead atoms.